The van der Waals surface area contributed by atoms with Crippen LogP contribution in [0.5, 0.6) is 5.75 Å². The first kappa shape index (κ1) is 23.0. The van der Waals surface area contributed by atoms with Crippen molar-refractivity contribution in [3.05, 3.63) is 46.3 Å². The van der Waals surface area contributed by atoms with Crippen LogP contribution in [0.25, 0.3) is 0 Å². The topological polar surface area (TPSA) is 84.9 Å². The summed E-state index contributed by atoms with van der Waals surface area (Å²) in [7, 11) is 1.60. The van der Waals surface area contributed by atoms with Gasteiger partial charge in [-0.05, 0) is 75.7 Å². The van der Waals surface area contributed by atoms with Gasteiger partial charge in [0.2, 0.25) is 5.91 Å². The number of thiophene rings is 1. The quantitative estimate of drug-likeness (QED) is 0.493. The lowest BCUT2D eigenvalue weighted by atomic mass is 9.89. The van der Waals surface area contributed by atoms with Gasteiger partial charge in [-0.1, -0.05) is 0 Å². The molecule has 2 aromatic rings. The highest BCUT2D eigenvalue weighted by Gasteiger charge is 2.27. The summed E-state index contributed by atoms with van der Waals surface area (Å²) in [5, 5.41) is 3.50. The number of likely N-dealkylation sites (tertiary alicyclic amines) is 1. The van der Waals surface area contributed by atoms with E-state index in [2.05, 4.69) is 10.2 Å². The number of carbonyl (C=O) groups excluding carboxylic acids is 3. The van der Waals surface area contributed by atoms with Gasteiger partial charge in [0, 0.05) is 11.5 Å². The number of amides is 1. The van der Waals surface area contributed by atoms with Crippen molar-refractivity contribution in [2.45, 2.75) is 26.7 Å². The second-order valence-corrected chi connectivity index (χ2v) is 8.59. The Morgan fingerprint density at radius 3 is 2.45 bits per heavy atom. The molecule has 1 aliphatic rings. The fourth-order valence-corrected chi connectivity index (χ4v) is 4.65. The third-order valence-electron chi connectivity index (χ3n) is 5.34. The molecule has 7 nitrogen and oxygen atoms in total. The number of Topliss-reactive ketones (excluding diaryl/α,β-unsaturated/α-hetero) is 1. The molecule has 0 aliphatic carbocycles. The Bertz CT molecular complexity index is 930. The first-order valence-corrected chi connectivity index (χ1v) is 11.2. The number of hydrogen-bond acceptors (Lipinski definition) is 7. The molecule has 1 fully saturated rings. The molecule has 0 unspecified atom stereocenters. The number of nitrogens with zero attached hydrogens (tertiary/aromatic N) is 1. The summed E-state index contributed by atoms with van der Waals surface area (Å²) < 4.78 is 10.2. The van der Waals surface area contributed by atoms with Gasteiger partial charge in [-0.15, -0.1) is 11.3 Å². The normalized spacial score (nSPS) is 14.8. The average Bonchev–Trinajstić information content (AvgIpc) is 3.13. The number of nitrogens with one attached hydrogen (secondary N) is 1. The standard InChI is InChI=1S/C23H28N2O5S/c1-4-30-23(28)22-15(2)13-20(31-22)24-19(26)14-25-11-9-17(10-12-25)21(27)16-5-7-18(29-3)8-6-16/h5-8,13,17H,4,9-12,14H2,1-3H3,(H,24,26). The number of ketones is 1. The summed E-state index contributed by atoms with van der Waals surface area (Å²) in [6.07, 6.45) is 1.45. The maximum absolute atomic E-state index is 12.7. The molecule has 1 N–H and O–H groups in total. The zero-order valence-electron chi connectivity index (χ0n) is 18.1. The van der Waals surface area contributed by atoms with Gasteiger partial charge in [0.1, 0.15) is 10.6 Å². The van der Waals surface area contributed by atoms with E-state index < -0.39 is 0 Å². The van der Waals surface area contributed by atoms with Crippen LogP contribution in [0.1, 0.15) is 45.4 Å². The molecular weight excluding hydrogens is 416 g/mol. The molecule has 1 aromatic carbocycles. The number of ether oxygens (including phenoxy) is 2. The van der Waals surface area contributed by atoms with Gasteiger partial charge >= 0.3 is 5.97 Å². The summed E-state index contributed by atoms with van der Waals surface area (Å²) in [6, 6.07) is 8.98. The summed E-state index contributed by atoms with van der Waals surface area (Å²) in [5.74, 6) is 0.352. The number of aryl methyl sites for hydroxylation is 1. The minimum absolute atomic E-state index is 0.0280. The van der Waals surface area contributed by atoms with Crippen LogP contribution >= 0.6 is 11.3 Å². The molecule has 8 heteroatoms. The Labute approximate surface area is 186 Å². The molecular formula is C23H28N2O5S. The summed E-state index contributed by atoms with van der Waals surface area (Å²) in [4.78, 5) is 39.7. The van der Waals surface area contributed by atoms with Gasteiger partial charge in [-0.25, -0.2) is 4.79 Å². The van der Waals surface area contributed by atoms with Crippen molar-refractivity contribution < 1.29 is 23.9 Å². The van der Waals surface area contributed by atoms with Crippen LogP contribution in [0.15, 0.2) is 30.3 Å². The lowest BCUT2D eigenvalue weighted by Crippen LogP contribution is -2.40. The molecule has 1 amide bonds. The van der Waals surface area contributed by atoms with Crippen molar-refractivity contribution in [1.82, 2.24) is 4.90 Å². The summed E-state index contributed by atoms with van der Waals surface area (Å²) >= 11 is 1.22. The number of hydrogen-bond donors (Lipinski definition) is 1. The molecule has 0 saturated carbocycles. The molecule has 1 saturated heterocycles. The summed E-state index contributed by atoms with van der Waals surface area (Å²) in [5.41, 5.74) is 1.49. The van der Waals surface area contributed by atoms with Crippen LogP contribution in [0, 0.1) is 12.8 Å². The van der Waals surface area contributed by atoms with E-state index in [-0.39, 0.29) is 30.1 Å². The predicted octanol–water partition coefficient (Wildman–Crippen LogP) is 3.78. The number of anilines is 1. The van der Waals surface area contributed by atoms with Crippen LogP contribution in [-0.4, -0.2) is 55.9 Å². The van der Waals surface area contributed by atoms with Crippen LogP contribution in [0.4, 0.5) is 5.00 Å². The highest BCUT2D eigenvalue weighted by molar-refractivity contribution is 7.18. The minimum Gasteiger partial charge on any atom is -0.497 e. The maximum Gasteiger partial charge on any atom is 0.348 e. The Morgan fingerprint density at radius 2 is 1.84 bits per heavy atom. The van der Waals surface area contributed by atoms with E-state index in [0.29, 0.717) is 35.1 Å². The van der Waals surface area contributed by atoms with E-state index in [1.165, 1.54) is 11.3 Å². The first-order chi connectivity index (χ1) is 14.9. The van der Waals surface area contributed by atoms with Gasteiger partial charge in [0.15, 0.2) is 5.78 Å². The van der Waals surface area contributed by atoms with Gasteiger partial charge in [-0.2, -0.15) is 0 Å². The number of carbonyl (C=O) groups is 3. The Hall–Kier alpha value is -2.71. The zero-order valence-corrected chi connectivity index (χ0v) is 18.9. The van der Waals surface area contributed by atoms with Crippen molar-refractivity contribution in [1.29, 1.82) is 0 Å². The monoisotopic (exact) mass is 444 g/mol. The van der Waals surface area contributed by atoms with Crippen molar-refractivity contribution in [3.63, 3.8) is 0 Å². The third kappa shape index (κ3) is 5.92. The van der Waals surface area contributed by atoms with Crippen LogP contribution < -0.4 is 10.1 Å². The molecule has 0 bridgehead atoms. The number of esters is 1. The van der Waals surface area contributed by atoms with Crippen LogP contribution in [-0.2, 0) is 9.53 Å². The van der Waals surface area contributed by atoms with Crippen molar-refractivity contribution >= 4 is 34.0 Å². The number of piperidine rings is 1. The predicted molar refractivity (Wildman–Crippen MR) is 120 cm³/mol. The molecule has 3 rings (SSSR count). The molecule has 0 spiro atoms. The fraction of sp³-hybridized carbons (Fsp3) is 0.435. The third-order valence-corrected chi connectivity index (χ3v) is 6.47. The molecule has 1 aromatic heterocycles. The van der Waals surface area contributed by atoms with E-state index in [1.807, 2.05) is 6.92 Å². The minimum atomic E-state index is -0.367. The Morgan fingerprint density at radius 1 is 1.16 bits per heavy atom. The second kappa shape index (κ2) is 10.5. The van der Waals surface area contributed by atoms with E-state index in [4.69, 9.17) is 9.47 Å². The van der Waals surface area contributed by atoms with E-state index >= 15 is 0 Å². The number of benzene rings is 1. The van der Waals surface area contributed by atoms with E-state index in [9.17, 15) is 14.4 Å². The molecule has 0 radical (unpaired) electrons. The van der Waals surface area contributed by atoms with Crippen molar-refractivity contribution in [2.75, 3.05) is 38.7 Å². The number of rotatable bonds is 8. The smallest absolute Gasteiger partial charge is 0.348 e. The Balaban J connectivity index is 1.48. The average molecular weight is 445 g/mol. The lowest BCUT2D eigenvalue weighted by molar-refractivity contribution is -0.117. The lowest BCUT2D eigenvalue weighted by Gasteiger charge is -2.30. The zero-order chi connectivity index (χ0) is 22.4. The van der Waals surface area contributed by atoms with Crippen LogP contribution in [0.3, 0.4) is 0 Å². The van der Waals surface area contributed by atoms with Gasteiger partial charge in [-0.3, -0.25) is 14.5 Å². The highest BCUT2D eigenvalue weighted by Crippen LogP contribution is 2.28. The molecule has 0 atom stereocenters. The Kier molecular flexibility index (Phi) is 7.81. The SMILES string of the molecule is CCOC(=O)c1sc(NC(=O)CN2CCC(C(=O)c3ccc(OC)cc3)CC2)cc1C. The van der Waals surface area contributed by atoms with E-state index in [0.717, 1.165) is 24.2 Å². The van der Waals surface area contributed by atoms with E-state index in [1.54, 1.807) is 44.4 Å². The second-order valence-electron chi connectivity index (χ2n) is 7.53. The van der Waals surface area contributed by atoms with Gasteiger partial charge < -0.3 is 14.8 Å². The highest BCUT2D eigenvalue weighted by atomic mass is 32.1. The fourth-order valence-electron chi connectivity index (χ4n) is 3.67. The molecule has 1 aliphatic heterocycles. The number of methoxy groups -OCH3 is 1. The molecule has 166 valence electrons. The van der Waals surface area contributed by atoms with Gasteiger partial charge in [0.05, 0.1) is 25.3 Å². The summed E-state index contributed by atoms with van der Waals surface area (Å²) in [6.45, 7) is 5.54. The van der Waals surface area contributed by atoms with Crippen molar-refractivity contribution in [2.24, 2.45) is 5.92 Å². The molecule has 2 heterocycles. The molecule has 31 heavy (non-hydrogen) atoms. The maximum atomic E-state index is 12.7. The largest absolute Gasteiger partial charge is 0.497 e. The van der Waals surface area contributed by atoms with Gasteiger partial charge in [0.25, 0.3) is 0 Å². The first-order valence-electron chi connectivity index (χ1n) is 10.4. The van der Waals surface area contributed by atoms with Crippen molar-refractivity contribution in [3.8, 4) is 5.75 Å². The van der Waals surface area contributed by atoms with Crippen LogP contribution in [0.2, 0.25) is 0 Å².